The van der Waals surface area contributed by atoms with Crippen LogP contribution in [0.3, 0.4) is 0 Å². The summed E-state index contributed by atoms with van der Waals surface area (Å²) < 4.78 is 13.5. The Balaban J connectivity index is 2.12. The number of nitrogens with zero attached hydrogens (tertiary/aromatic N) is 3. The van der Waals surface area contributed by atoms with Gasteiger partial charge >= 0.3 is 0 Å². The number of pyridine rings is 1. The Hall–Kier alpha value is -1.49. The second kappa shape index (κ2) is 5.23. The van der Waals surface area contributed by atoms with Crippen molar-refractivity contribution in [2.75, 3.05) is 33.2 Å². The highest BCUT2D eigenvalue weighted by atomic mass is 19.1. The highest BCUT2D eigenvalue weighted by Crippen LogP contribution is 2.11. The van der Waals surface area contributed by atoms with Crippen LogP contribution in [0.1, 0.15) is 16.8 Å². The van der Waals surface area contributed by atoms with Gasteiger partial charge in [0, 0.05) is 25.8 Å². The minimum absolute atomic E-state index is 0.115. The molecule has 2 rings (SSSR count). The number of likely N-dealkylation sites (N-methyl/N-ethyl adjacent to an activating group) is 1. The Morgan fingerprint density at radius 2 is 2.18 bits per heavy atom. The summed E-state index contributed by atoms with van der Waals surface area (Å²) in [5.74, 6) is -0.782. The standard InChI is InChI=1S/C12H16FN3O/c1-15-5-2-6-16(8-7-15)12(17)10-3-4-14-9-11(10)13/h3-4,9H,2,5-8H2,1H3. The van der Waals surface area contributed by atoms with Crippen LogP contribution < -0.4 is 0 Å². The molecule has 17 heavy (non-hydrogen) atoms. The minimum atomic E-state index is -0.546. The first kappa shape index (κ1) is 12.0. The normalized spacial score (nSPS) is 17.9. The molecule has 1 aliphatic heterocycles. The molecule has 1 saturated heterocycles. The van der Waals surface area contributed by atoms with Crippen LogP contribution >= 0.6 is 0 Å². The molecule has 0 radical (unpaired) electrons. The summed E-state index contributed by atoms with van der Waals surface area (Å²) in [7, 11) is 2.03. The van der Waals surface area contributed by atoms with Crippen molar-refractivity contribution in [3.8, 4) is 0 Å². The largest absolute Gasteiger partial charge is 0.337 e. The van der Waals surface area contributed by atoms with Crippen LogP contribution in [0, 0.1) is 5.82 Å². The Bertz CT molecular complexity index is 410. The smallest absolute Gasteiger partial charge is 0.256 e. The van der Waals surface area contributed by atoms with Crippen molar-refractivity contribution in [2.45, 2.75) is 6.42 Å². The molecule has 92 valence electrons. The van der Waals surface area contributed by atoms with Crippen molar-refractivity contribution in [3.05, 3.63) is 29.8 Å². The molecule has 4 nitrogen and oxygen atoms in total. The Morgan fingerprint density at radius 1 is 1.35 bits per heavy atom. The third-order valence-corrected chi connectivity index (χ3v) is 3.01. The SMILES string of the molecule is CN1CCCN(C(=O)c2ccncc2F)CC1. The van der Waals surface area contributed by atoms with Gasteiger partial charge in [-0.1, -0.05) is 0 Å². The number of halogens is 1. The first-order valence-electron chi connectivity index (χ1n) is 5.76. The fraction of sp³-hybridized carbons (Fsp3) is 0.500. The number of amides is 1. The zero-order valence-corrected chi connectivity index (χ0v) is 9.90. The van der Waals surface area contributed by atoms with E-state index < -0.39 is 5.82 Å². The topological polar surface area (TPSA) is 36.4 Å². The van der Waals surface area contributed by atoms with Gasteiger partial charge in [0.2, 0.25) is 0 Å². The van der Waals surface area contributed by atoms with Gasteiger partial charge in [0.1, 0.15) is 0 Å². The number of hydrogen-bond acceptors (Lipinski definition) is 3. The molecule has 1 aliphatic rings. The molecule has 1 aromatic heterocycles. The number of carbonyl (C=O) groups is 1. The van der Waals surface area contributed by atoms with E-state index in [1.165, 1.54) is 12.3 Å². The lowest BCUT2D eigenvalue weighted by Crippen LogP contribution is -2.35. The fourth-order valence-electron chi connectivity index (χ4n) is 1.97. The van der Waals surface area contributed by atoms with E-state index >= 15 is 0 Å². The van der Waals surface area contributed by atoms with Crippen LogP contribution in [0.4, 0.5) is 4.39 Å². The zero-order chi connectivity index (χ0) is 12.3. The molecule has 1 aromatic rings. The predicted molar refractivity (Wildman–Crippen MR) is 62.2 cm³/mol. The summed E-state index contributed by atoms with van der Waals surface area (Å²) in [6.07, 6.45) is 3.45. The molecule has 0 bridgehead atoms. The summed E-state index contributed by atoms with van der Waals surface area (Å²) in [4.78, 5) is 19.7. The van der Waals surface area contributed by atoms with Crippen molar-refractivity contribution < 1.29 is 9.18 Å². The first-order chi connectivity index (χ1) is 8.18. The third-order valence-electron chi connectivity index (χ3n) is 3.01. The second-order valence-electron chi connectivity index (χ2n) is 4.30. The second-order valence-corrected chi connectivity index (χ2v) is 4.30. The summed E-state index contributed by atoms with van der Waals surface area (Å²) in [6.45, 7) is 3.14. The monoisotopic (exact) mass is 237 g/mol. The van der Waals surface area contributed by atoms with Crippen LogP contribution in [0.15, 0.2) is 18.5 Å². The van der Waals surface area contributed by atoms with Crippen LogP contribution in [0.5, 0.6) is 0 Å². The van der Waals surface area contributed by atoms with Crippen molar-refractivity contribution in [1.29, 1.82) is 0 Å². The quantitative estimate of drug-likeness (QED) is 0.731. The maximum atomic E-state index is 13.5. The fourth-order valence-corrected chi connectivity index (χ4v) is 1.97. The van der Waals surface area contributed by atoms with Crippen LogP contribution in [-0.4, -0.2) is 53.9 Å². The van der Waals surface area contributed by atoms with Gasteiger partial charge in [-0.15, -0.1) is 0 Å². The van der Waals surface area contributed by atoms with Gasteiger partial charge in [0.15, 0.2) is 5.82 Å². The molecule has 1 fully saturated rings. The van der Waals surface area contributed by atoms with Crippen molar-refractivity contribution in [2.24, 2.45) is 0 Å². The molecular formula is C12H16FN3O. The lowest BCUT2D eigenvalue weighted by molar-refractivity contribution is 0.0758. The highest BCUT2D eigenvalue weighted by Gasteiger charge is 2.21. The van der Waals surface area contributed by atoms with Gasteiger partial charge in [-0.3, -0.25) is 9.78 Å². The maximum absolute atomic E-state index is 13.5. The summed E-state index contributed by atoms with van der Waals surface area (Å²) in [6, 6.07) is 1.44. The van der Waals surface area contributed by atoms with Crippen LogP contribution in [0.25, 0.3) is 0 Å². The molecule has 0 N–H and O–H groups in total. The van der Waals surface area contributed by atoms with Gasteiger partial charge in [-0.25, -0.2) is 4.39 Å². The number of hydrogen-bond donors (Lipinski definition) is 0. The Morgan fingerprint density at radius 3 is 2.94 bits per heavy atom. The number of aromatic nitrogens is 1. The molecule has 0 saturated carbocycles. The summed E-state index contributed by atoms with van der Waals surface area (Å²) >= 11 is 0. The van der Waals surface area contributed by atoms with E-state index in [0.29, 0.717) is 13.1 Å². The van der Waals surface area contributed by atoms with Crippen molar-refractivity contribution in [1.82, 2.24) is 14.8 Å². The third kappa shape index (κ3) is 2.79. The van der Waals surface area contributed by atoms with E-state index in [4.69, 9.17) is 0 Å². The van der Waals surface area contributed by atoms with Gasteiger partial charge < -0.3 is 9.80 Å². The summed E-state index contributed by atoms with van der Waals surface area (Å²) in [5, 5.41) is 0. The van der Waals surface area contributed by atoms with E-state index in [1.807, 2.05) is 7.05 Å². The van der Waals surface area contributed by atoms with E-state index in [-0.39, 0.29) is 11.5 Å². The zero-order valence-electron chi connectivity index (χ0n) is 9.90. The molecule has 0 aliphatic carbocycles. The average molecular weight is 237 g/mol. The lowest BCUT2D eigenvalue weighted by atomic mass is 10.2. The van der Waals surface area contributed by atoms with Crippen LogP contribution in [0.2, 0.25) is 0 Å². The van der Waals surface area contributed by atoms with Crippen molar-refractivity contribution >= 4 is 5.91 Å². The van der Waals surface area contributed by atoms with E-state index in [9.17, 15) is 9.18 Å². The molecule has 0 spiro atoms. The molecular weight excluding hydrogens is 221 g/mol. The average Bonchev–Trinajstić information content (AvgIpc) is 2.54. The predicted octanol–water partition coefficient (Wildman–Crippen LogP) is 0.998. The maximum Gasteiger partial charge on any atom is 0.256 e. The highest BCUT2D eigenvalue weighted by molar-refractivity contribution is 5.94. The van der Waals surface area contributed by atoms with E-state index in [1.54, 1.807) is 4.90 Å². The number of rotatable bonds is 1. The molecule has 2 heterocycles. The Kier molecular flexibility index (Phi) is 3.68. The molecule has 1 amide bonds. The molecule has 0 unspecified atom stereocenters. The number of carbonyl (C=O) groups excluding carboxylic acids is 1. The molecule has 5 heteroatoms. The van der Waals surface area contributed by atoms with Gasteiger partial charge in [0.25, 0.3) is 5.91 Å². The Labute approximate surface area is 100 Å². The van der Waals surface area contributed by atoms with Gasteiger partial charge in [-0.05, 0) is 26.1 Å². The summed E-state index contributed by atoms with van der Waals surface area (Å²) in [5.41, 5.74) is 0.115. The van der Waals surface area contributed by atoms with Gasteiger partial charge in [0.05, 0.1) is 11.8 Å². The minimum Gasteiger partial charge on any atom is -0.337 e. The lowest BCUT2D eigenvalue weighted by Gasteiger charge is -2.20. The molecule has 0 aromatic carbocycles. The van der Waals surface area contributed by atoms with Gasteiger partial charge in [-0.2, -0.15) is 0 Å². The van der Waals surface area contributed by atoms with E-state index in [0.717, 1.165) is 25.7 Å². The van der Waals surface area contributed by atoms with Crippen molar-refractivity contribution in [3.63, 3.8) is 0 Å². The van der Waals surface area contributed by atoms with E-state index in [2.05, 4.69) is 9.88 Å². The van der Waals surface area contributed by atoms with Crippen LogP contribution in [-0.2, 0) is 0 Å². The first-order valence-corrected chi connectivity index (χ1v) is 5.76. The molecule has 0 atom stereocenters.